The molecule has 0 fully saturated rings. The Hall–Kier alpha value is -2.13. The van der Waals surface area contributed by atoms with E-state index in [1.165, 1.54) is 0 Å². The summed E-state index contributed by atoms with van der Waals surface area (Å²) in [6.07, 6.45) is 1.76. The molecule has 1 aliphatic heterocycles. The van der Waals surface area contributed by atoms with Gasteiger partial charge in [0.15, 0.2) is 5.78 Å². The van der Waals surface area contributed by atoms with Crippen LogP contribution in [-0.2, 0) is 6.42 Å². The Morgan fingerprint density at radius 3 is 2.76 bits per heavy atom. The highest BCUT2D eigenvalue weighted by molar-refractivity contribution is 6.35. The molecular formula is C17H14ClNO2. The molecule has 0 aliphatic carbocycles. The maximum atomic E-state index is 12.5. The first-order chi connectivity index (χ1) is 10.2. The topological polar surface area (TPSA) is 46.2 Å². The molecule has 0 atom stereocenters. The lowest BCUT2D eigenvalue weighted by Gasteiger charge is -2.08. The molecule has 2 aromatic carbocycles. The van der Waals surface area contributed by atoms with E-state index in [0.717, 1.165) is 18.4 Å². The lowest BCUT2D eigenvalue weighted by Crippen LogP contribution is -2.23. The molecule has 106 valence electrons. The number of rotatable bonds is 2. The molecule has 3 nitrogen and oxygen atoms in total. The zero-order valence-electron chi connectivity index (χ0n) is 11.4. The number of nitrogens with one attached hydrogen (secondary N) is 1. The van der Waals surface area contributed by atoms with Crippen LogP contribution in [0.25, 0.3) is 0 Å². The fourth-order valence-electron chi connectivity index (χ4n) is 2.52. The Kier molecular flexibility index (Phi) is 3.76. The second kappa shape index (κ2) is 5.70. The average Bonchev–Trinajstić information content (AvgIpc) is 2.69. The minimum absolute atomic E-state index is 0.115. The van der Waals surface area contributed by atoms with Crippen molar-refractivity contribution in [3.05, 3.63) is 69.7 Å². The number of hydrogen-bond donors (Lipinski definition) is 1. The van der Waals surface area contributed by atoms with Crippen LogP contribution in [0.4, 0.5) is 0 Å². The Morgan fingerprint density at radius 2 is 1.95 bits per heavy atom. The molecule has 0 spiro atoms. The van der Waals surface area contributed by atoms with Gasteiger partial charge in [-0.1, -0.05) is 35.9 Å². The van der Waals surface area contributed by atoms with Gasteiger partial charge in [-0.2, -0.15) is 0 Å². The molecule has 1 heterocycles. The third-order valence-electron chi connectivity index (χ3n) is 3.64. The van der Waals surface area contributed by atoms with E-state index < -0.39 is 0 Å². The van der Waals surface area contributed by atoms with Crippen molar-refractivity contribution in [3.8, 4) is 0 Å². The van der Waals surface area contributed by atoms with Crippen molar-refractivity contribution in [3.63, 3.8) is 0 Å². The van der Waals surface area contributed by atoms with Gasteiger partial charge in [0.2, 0.25) is 0 Å². The van der Waals surface area contributed by atoms with E-state index in [1.807, 2.05) is 6.07 Å². The second-order valence-corrected chi connectivity index (χ2v) is 5.45. The summed E-state index contributed by atoms with van der Waals surface area (Å²) < 4.78 is 0. The van der Waals surface area contributed by atoms with E-state index in [-0.39, 0.29) is 11.7 Å². The highest BCUT2D eigenvalue weighted by Gasteiger charge is 2.19. The molecule has 0 bridgehead atoms. The summed E-state index contributed by atoms with van der Waals surface area (Å²) in [7, 11) is 0. The maximum absolute atomic E-state index is 12.5. The SMILES string of the molecule is O=C(c1ccc2c(c1)C(=O)NCCC2)c1ccccc1Cl. The molecule has 21 heavy (non-hydrogen) atoms. The quantitative estimate of drug-likeness (QED) is 0.865. The summed E-state index contributed by atoms with van der Waals surface area (Å²) in [5.74, 6) is -0.281. The number of halogens is 1. The molecule has 1 amide bonds. The fraction of sp³-hybridized carbons (Fsp3) is 0.176. The number of carbonyl (C=O) groups excluding carboxylic acids is 2. The van der Waals surface area contributed by atoms with Crippen LogP contribution in [0.2, 0.25) is 5.02 Å². The number of amides is 1. The van der Waals surface area contributed by atoms with Crippen molar-refractivity contribution in [2.24, 2.45) is 0 Å². The van der Waals surface area contributed by atoms with Gasteiger partial charge in [0.05, 0.1) is 5.02 Å². The van der Waals surface area contributed by atoms with Crippen molar-refractivity contribution < 1.29 is 9.59 Å². The number of hydrogen-bond acceptors (Lipinski definition) is 2. The van der Waals surface area contributed by atoms with Gasteiger partial charge in [-0.25, -0.2) is 0 Å². The first-order valence-electron chi connectivity index (χ1n) is 6.87. The van der Waals surface area contributed by atoms with Gasteiger partial charge in [-0.05, 0) is 36.6 Å². The zero-order valence-corrected chi connectivity index (χ0v) is 12.1. The minimum Gasteiger partial charge on any atom is -0.352 e. The molecule has 0 saturated heterocycles. The molecule has 4 heteroatoms. The van der Waals surface area contributed by atoms with Gasteiger partial charge >= 0.3 is 0 Å². The van der Waals surface area contributed by atoms with Gasteiger partial charge < -0.3 is 5.32 Å². The van der Waals surface area contributed by atoms with Crippen LogP contribution in [0.1, 0.15) is 38.3 Å². The summed E-state index contributed by atoms with van der Waals surface area (Å²) in [5, 5.41) is 3.26. The molecule has 0 aromatic heterocycles. The highest BCUT2D eigenvalue weighted by Crippen LogP contribution is 2.22. The van der Waals surface area contributed by atoms with Crippen LogP contribution in [0.3, 0.4) is 0 Å². The summed E-state index contributed by atoms with van der Waals surface area (Å²) in [4.78, 5) is 24.6. The summed E-state index contributed by atoms with van der Waals surface area (Å²) in [6.45, 7) is 0.668. The third kappa shape index (κ3) is 2.69. The summed E-state index contributed by atoms with van der Waals surface area (Å²) >= 11 is 6.07. The van der Waals surface area contributed by atoms with Gasteiger partial charge in [0, 0.05) is 23.2 Å². The zero-order chi connectivity index (χ0) is 14.8. The van der Waals surface area contributed by atoms with Gasteiger partial charge in [0.1, 0.15) is 0 Å². The first-order valence-corrected chi connectivity index (χ1v) is 7.25. The molecule has 3 rings (SSSR count). The predicted octanol–water partition coefficient (Wildman–Crippen LogP) is 3.25. The second-order valence-electron chi connectivity index (χ2n) is 5.04. The van der Waals surface area contributed by atoms with Crippen LogP contribution in [-0.4, -0.2) is 18.2 Å². The van der Waals surface area contributed by atoms with Gasteiger partial charge in [0.25, 0.3) is 5.91 Å². The average molecular weight is 300 g/mol. The van der Waals surface area contributed by atoms with Crippen LogP contribution < -0.4 is 5.32 Å². The maximum Gasteiger partial charge on any atom is 0.251 e. The van der Waals surface area contributed by atoms with E-state index >= 15 is 0 Å². The Labute approximate surface area is 127 Å². The fourth-order valence-corrected chi connectivity index (χ4v) is 2.75. The summed E-state index contributed by atoms with van der Waals surface area (Å²) in [6, 6.07) is 12.2. The molecule has 1 aliphatic rings. The van der Waals surface area contributed by atoms with Crippen molar-refractivity contribution >= 4 is 23.3 Å². The van der Waals surface area contributed by atoms with Crippen LogP contribution in [0, 0.1) is 0 Å². The Morgan fingerprint density at radius 1 is 1.14 bits per heavy atom. The predicted molar refractivity (Wildman–Crippen MR) is 82.0 cm³/mol. The Bertz CT molecular complexity index is 724. The van der Waals surface area contributed by atoms with Crippen LogP contribution in [0.15, 0.2) is 42.5 Å². The first kappa shape index (κ1) is 13.8. The van der Waals surface area contributed by atoms with Gasteiger partial charge in [-0.15, -0.1) is 0 Å². The van der Waals surface area contributed by atoms with Crippen LogP contribution >= 0.6 is 11.6 Å². The van der Waals surface area contributed by atoms with E-state index in [9.17, 15) is 9.59 Å². The highest BCUT2D eigenvalue weighted by atomic mass is 35.5. The largest absolute Gasteiger partial charge is 0.352 e. The standard InChI is InChI=1S/C17H14ClNO2/c18-15-6-2-1-5-13(15)16(20)12-8-7-11-4-3-9-19-17(21)14(11)10-12/h1-2,5-8,10H,3-4,9H2,(H,19,21). The number of aryl methyl sites for hydroxylation is 1. The van der Waals surface area contributed by atoms with Crippen molar-refractivity contribution in [1.82, 2.24) is 5.32 Å². The van der Waals surface area contributed by atoms with Crippen molar-refractivity contribution in [2.75, 3.05) is 6.54 Å². The minimum atomic E-state index is -0.166. The van der Waals surface area contributed by atoms with E-state index in [1.54, 1.807) is 36.4 Å². The van der Waals surface area contributed by atoms with Crippen LogP contribution in [0.5, 0.6) is 0 Å². The molecule has 0 unspecified atom stereocenters. The third-order valence-corrected chi connectivity index (χ3v) is 3.97. The van der Waals surface area contributed by atoms with Gasteiger partial charge in [-0.3, -0.25) is 9.59 Å². The van der Waals surface area contributed by atoms with Crippen molar-refractivity contribution in [1.29, 1.82) is 0 Å². The lowest BCUT2D eigenvalue weighted by atomic mass is 9.96. The molecule has 1 N–H and O–H groups in total. The lowest BCUT2D eigenvalue weighted by molar-refractivity contribution is 0.0956. The number of benzene rings is 2. The normalized spacial score (nSPS) is 14.0. The molecule has 2 aromatic rings. The number of fused-ring (bicyclic) bond motifs is 1. The molecule has 0 radical (unpaired) electrons. The summed E-state index contributed by atoms with van der Waals surface area (Å²) in [5.41, 5.74) is 2.51. The number of carbonyl (C=O) groups is 2. The molecule has 0 saturated carbocycles. The monoisotopic (exact) mass is 299 g/mol. The smallest absolute Gasteiger partial charge is 0.251 e. The van der Waals surface area contributed by atoms with E-state index in [4.69, 9.17) is 11.6 Å². The van der Waals surface area contributed by atoms with Crippen molar-refractivity contribution in [2.45, 2.75) is 12.8 Å². The number of ketones is 1. The Balaban J connectivity index is 2.02. The van der Waals surface area contributed by atoms with E-state index in [2.05, 4.69) is 5.32 Å². The molecular weight excluding hydrogens is 286 g/mol. The van der Waals surface area contributed by atoms with E-state index in [0.29, 0.717) is 28.3 Å².